The number of benzene rings is 1. The lowest BCUT2D eigenvalue weighted by Gasteiger charge is -2.07. The summed E-state index contributed by atoms with van der Waals surface area (Å²) in [4.78, 5) is 25.4. The van der Waals surface area contributed by atoms with Gasteiger partial charge in [-0.05, 0) is 30.7 Å². The molecule has 3 rings (SSSR count). The van der Waals surface area contributed by atoms with Crippen molar-refractivity contribution < 1.29 is 9.59 Å². The normalized spacial score (nSPS) is 17.8. The molecule has 1 aromatic rings. The van der Waals surface area contributed by atoms with Gasteiger partial charge in [0.1, 0.15) is 0 Å². The van der Waals surface area contributed by atoms with Crippen molar-refractivity contribution in [2.24, 2.45) is 0 Å². The number of amides is 2. The zero-order chi connectivity index (χ0) is 15.8. The van der Waals surface area contributed by atoms with Crippen molar-refractivity contribution in [3.8, 4) is 0 Å². The first-order valence-electron chi connectivity index (χ1n) is 7.65. The lowest BCUT2D eigenvalue weighted by molar-refractivity contribution is -0.126. The van der Waals surface area contributed by atoms with E-state index in [4.69, 9.17) is 0 Å². The van der Waals surface area contributed by atoms with Crippen LogP contribution in [0.15, 0.2) is 49.3 Å². The van der Waals surface area contributed by atoms with E-state index in [9.17, 15) is 9.59 Å². The van der Waals surface area contributed by atoms with E-state index in [-0.39, 0.29) is 11.8 Å². The third kappa shape index (κ3) is 4.58. The van der Waals surface area contributed by atoms with Gasteiger partial charge in [-0.2, -0.15) is 0 Å². The summed E-state index contributed by atoms with van der Waals surface area (Å²) in [6.45, 7) is 5.22. The third-order valence-corrected chi connectivity index (χ3v) is 3.69. The first kappa shape index (κ1) is 16.0. The Labute approximate surface area is 131 Å². The van der Waals surface area contributed by atoms with E-state index in [2.05, 4.69) is 6.58 Å². The van der Waals surface area contributed by atoms with Crippen LogP contribution >= 0.6 is 0 Å². The van der Waals surface area contributed by atoms with Crippen molar-refractivity contribution in [2.45, 2.75) is 25.7 Å². The fourth-order valence-corrected chi connectivity index (χ4v) is 2.43. The summed E-state index contributed by atoms with van der Waals surface area (Å²) in [5.41, 5.74) is 1.13. The number of carbonyl (C=O) groups excluding carboxylic acids is 2. The molecule has 4 heteroatoms. The third-order valence-electron chi connectivity index (χ3n) is 3.69. The second-order valence-electron chi connectivity index (χ2n) is 5.29. The Bertz CT molecular complexity index is 551. The number of nitrogens with zero attached hydrogens (tertiary/aromatic N) is 2. The van der Waals surface area contributed by atoms with Gasteiger partial charge < -0.3 is 9.80 Å². The summed E-state index contributed by atoms with van der Waals surface area (Å²) >= 11 is 0. The fraction of sp³-hybridized carbons (Fsp3) is 0.333. The van der Waals surface area contributed by atoms with E-state index in [1.807, 2.05) is 42.6 Å². The molecule has 2 aliphatic rings. The Balaban J connectivity index is 0.000000188. The number of hydrogen-bond donors (Lipinski definition) is 0. The standard InChI is InChI=1S/C12H13NO.C6H9NO/c14-12-7-4-9-13(12)10-8-11-5-2-1-3-6-11;1-2-7-5-3-4-6(7)8/h1-3,5-6,8,10H,4,7,9H2;2H,1,3-5H2/b10-8+;. The molecule has 2 saturated heterocycles. The number of hydrogen-bond acceptors (Lipinski definition) is 2. The Morgan fingerprint density at radius 2 is 1.50 bits per heavy atom. The highest BCUT2D eigenvalue weighted by atomic mass is 16.2. The van der Waals surface area contributed by atoms with Gasteiger partial charge >= 0.3 is 0 Å². The van der Waals surface area contributed by atoms with E-state index in [0.29, 0.717) is 12.8 Å². The zero-order valence-corrected chi connectivity index (χ0v) is 12.8. The molecule has 0 N–H and O–H groups in total. The summed E-state index contributed by atoms with van der Waals surface area (Å²) in [7, 11) is 0. The van der Waals surface area contributed by atoms with Gasteiger partial charge in [-0.3, -0.25) is 9.59 Å². The van der Waals surface area contributed by atoms with Crippen LogP contribution in [0.5, 0.6) is 0 Å². The summed E-state index contributed by atoms with van der Waals surface area (Å²) in [6, 6.07) is 10.0. The van der Waals surface area contributed by atoms with E-state index in [0.717, 1.165) is 31.5 Å². The molecule has 2 aliphatic heterocycles. The molecule has 0 radical (unpaired) electrons. The molecule has 0 spiro atoms. The van der Waals surface area contributed by atoms with Crippen LogP contribution in [0.25, 0.3) is 6.08 Å². The first-order chi connectivity index (χ1) is 10.7. The molecular formula is C18H22N2O2. The minimum absolute atomic E-state index is 0.208. The SMILES string of the molecule is C=CN1CCCC1=O.O=C1CCCN1/C=C/c1ccccc1. The molecule has 2 amide bonds. The van der Waals surface area contributed by atoms with Gasteiger partial charge in [0, 0.05) is 32.1 Å². The molecule has 0 aliphatic carbocycles. The fourth-order valence-electron chi connectivity index (χ4n) is 2.43. The van der Waals surface area contributed by atoms with Gasteiger partial charge in [-0.25, -0.2) is 0 Å². The molecule has 0 atom stereocenters. The molecule has 2 heterocycles. The van der Waals surface area contributed by atoms with Crippen LogP contribution in [0.3, 0.4) is 0 Å². The van der Waals surface area contributed by atoms with Crippen LogP contribution in [0.1, 0.15) is 31.2 Å². The average molecular weight is 298 g/mol. The maximum Gasteiger partial charge on any atom is 0.226 e. The first-order valence-corrected chi connectivity index (χ1v) is 7.65. The minimum atomic E-state index is 0.208. The molecule has 0 unspecified atom stereocenters. The van der Waals surface area contributed by atoms with Gasteiger partial charge in [0.2, 0.25) is 11.8 Å². The van der Waals surface area contributed by atoms with Crippen molar-refractivity contribution in [1.82, 2.24) is 9.80 Å². The second kappa shape index (κ2) is 8.17. The molecule has 22 heavy (non-hydrogen) atoms. The van der Waals surface area contributed by atoms with E-state index >= 15 is 0 Å². The lowest BCUT2D eigenvalue weighted by atomic mass is 10.2. The lowest BCUT2D eigenvalue weighted by Crippen LogP contribution is -2.16. The molecule has 4 nitrogen and oxygen atoms in total. The molecule has 0 bridgehead atoms. The van der Waals surface area contributed by atoms with Gasteiger partial charge in [0.15, 0.2) is 0 Å². The van der Waals surface area contributed by atoms with Crippen molar-refractivity contribution in [1.29, 1.82) is 0 Å². The highest BCUT2D eigenvalue weighted by Crippen LogP contribution is 2.11. The predicted octanol–water partition coefficient (Wildman–Crippen LogP) is 3.03. The smallest absolute Gasteiger partial charge is 0.226 e. The molecule has 2 fully saturated rings. The monoisotopic (exact) mass is 298 g/mol. The highest BCUT2D eigenvalue weighted by molar-refractivity contribution is 5.80. The van der Waals surface area contributed by atoms with Crippen LogP contribution in [-0.4, -0.2) is 34.7 Å². The summed E-state index contributed by atoms with van der Waals surface area (Å²) in [5, 5.41) is 0. The van der Waals surface area contributed by atoms with E-state index in [1.54, 1.807) is 16.0 Å². The molecule has 0 saturated carbocycles. The molecule has 0 aromatic heterocycles. The Morgan fingerprint density at radius 1 is 0.909 bits per heavy atom. The topological polar surface area (TPSA) is 40.6 Å². The predicted molar refractivity (Wildman–Crippen MR) is 87.6 cm³/mol. The summed E-state index contributed by atoms with van der Waals surface area (Å²) in [5.74, 6) is 0.442. The van der Waals surface area contributed by atoms with Crippen LogP contribution in [-0.2, 0) is 9.59 Å². The van der Waals surface area contributed by atoms with Gasteiger partial charge in [0.05, 0.1) is 0 Å². The maximum absolute atomic E-state index is 11.3. The largest absolute Gasteiger partial charge is 0.320 e. The van der Waals surface area contributed by atoms with Crippen LogP contribution in [0.2, 0.25) is 0 Å². The Hall–Kier alpha value is -2.36. The molecular weight excluding hydrogens is 276 g/mol. The molecule has 1 aromatic carbocycles. The van der Waals surface area contributed by atoms with Crippen molar-refractivity contribution in [3.05, 3.63) is 54.9 Å². The van der Waals surface area contributed by atoms with Gasteiger partial charge in [-0.1, -0.05) is 36.9 Å². The molecule has 116 valence electrons. The van der Waals surface area contributed by atoms with Gasteiger partial charge in [-0.15, -0.1) is 0 Å². The number of carbonyl (C=O) groups is 2. The van der Waals surface area contributed by atoms with E-state index in [1.165, 1.54) is 0 Å². The van der Waals surface area contributed by atoms with Crippen molar-refractivity contribution in [3.63, 3.8) is 0 Å². The summed E-state index contributed by atoms with van der Waals surface area (Å²) in [6.07, 6.45) is 8.82. The Morgan fingerprint density at radius 3 is 1.95 bits per heavy atom. The van der Waals surface area contributed by atoms with Crippen molar-refractivity contribution in [2.75, 3.05) is 13.1 Å². The Kier molecular flexibility index (Phi) is 5.95. The average Bonchev–Trinajstić information content (AvgIpc) is 3.15. The van der Waals surface area contributed by atoms with E-state index < -0.39 is 0 Å². The number of rotatable bonds is 3. The minimum Gasteiger partial charge on any atom is -0.320 e. The second-order valence-corrected chi connectivity index (χ2v) is 5.29. The van der Waals surface area contributed by atoms with Crippen LogP contribution in [0, 0.1) is 0 Å². The quantitative estimate of drug-likeness (QED) is 0.860. The van der Waals surface area contributed by atoms with Crippen LogP contribution in [0.4, 0.5) is 0 Å². The number of likely N-dealkylation sites (tertiary alicyclic amines) is 2. The summed E-state index contributed by atoms with van der Waals surface area (Å²) < 4.78 is 0. The van der Waals surface area contributed by atoms with Gasteiger partial charge in [0.25, 0.3) is 0 Å². The van der Waals surface area contributed by atoms with Crippen LogP contribution < -0.4 is 0 Å². The van der Waals surface area contributed by atoms with Crippen molar-refractivity contribution >= 4 is 17.9 Å². The highest BCUT2D eigenvalue weighted by Gasteiger charge is 2.17. The maximum atomic E-state index is 11.3. The zero-order valence-electron chi connectivity index (χ0n) is 12.8.